The van der Waals surface area contributed by atoms with Gasteiger partial charge in [-0.05, 0) is 32.6 Å². The number of hydrogen-bond donors (Lipinski definition) is 1. The van der Waals surface area contributed by atoms with Gasteiger partial charge >= 0.3 is 0 Å². The summed E-state index contributed by atoms with van der Waals surface area (Å²) in [7, 11) is 0. The van der Waals surface area contributed by atoms with E-state index in [4.69, 9.17) is 11.6 Å². The van der Waals surface area contributed by atoms with Crippen molar-refractivity contribution < 1.29 is 5.11 Å². The van der Waals surface area contributed by atoms with Gasteiger partial charge in [-0.3, -0.25) is 9.58 Å². The molecule has 0 radical (unpaired) electrons. The third kappa shape index (κ3) is 2.61. The minimum absolute atomic E-state index is 0.621. The highest BCUT2D eigenvalue weighted by atomic mass is 35.5. The minimum Gasteiger partial charge on any atom is -0.388 e. The Kier molecular flexibility index (Phi) is 3.82. The minimum atomic E-state index is -0.635. The smallest absolute Gasteiger partial charge is 0.0851 e. The highest BCUT2D eigenvalue weighted by Gasteiger charge is 2.42. The van der Waals surface area contributed by atoms with Crippen LogP contribution in [0.2, 0.25) is 5.02 Å². The fourth-order valence-corrected chi connectivity index (χ4v) is 3.62. The summed E-state index contributed by atoms with van der Waals surface area (Å²) in [5.41, 5.74) is 1.32. The molecule has 2 fully saturated rings. The molecule has 1 saturated heterocycles. The number of aromatic nitrogens is 2. The van der Waals surface area contributed by atoms with E-state index in [1.54, 1.807) is 0 Å². The van der Waals surface area contributed by atoms with E-state index in [0.29, 0.717) is 6.42 Å². The standard InChI is InChI=1S/C15H24ClN3O/c1-3-12-14(16)13(19(4-2)17-12)9-15(20)7-8-18(10-15)11-5-6-11/h11,20H,3-10H2,1-2H3. The zero-order valence-corrected chi connectivity index (χ0v) is 13.2. The molecule has 1 N–H and O–H groups in total. The van der Waals surface area contributed by atoms with Gasteiger partial charge in [-0.2, -0.15) is 5.10 Å². The zero-order chi connectivity index (χ0) is 14.3. The first-order chi connectivity index (χ1) is 9.56. The van der Waals surface area contributed by atoms with E-state index in [0.717, 1.165) is 54.9 Å². The number of hydrogen-bond acceptors (Lipinski definition) is 3. The lowest BCUT2D eigenvalue weighted by Gasteiger charge is -2.24. The van der Waals surface area contributed by atoms with E-state index in [2.05, 4.69) is 23.8 Å². The van der Waals surface area contributed by atoms with Crippen LogP contribution in [-0.4, -0.2) is 44.5 Å². The number of aliphatic hydroxyl groups is 1. The van der Waals surface area contributed by atoms with Gasteiger partial charge in [0.2, 0.25) is 0 Å². The van der Waals surface area contributed by atoms with E-state index in [9.17, 15) is 5.11 Å². The van der Waals surface area contributed by atoms with E-state index >= 15 is 0 Å². The summed E-state index contributed by atoms with van der Waals surface area (Å²) < 4.78 is 1.96. The van der Waals surface area contributed by atoms with Crippen LogP contribution in [0.4, 0.5) is 0 Å². The molecule has 112 valence electrons. The van der Waals surface area contributed by atoms with Crippen molar-refractivity contribution in [2.24, 2.45) is 0 Å². The molecule has 20 heavy (non-hydrogen) atoms. The van der Waals surface area contributed by atoms with Gasteiger partial charge in [-0.15, -0.1) is 0 Å². The van der Waals surface area contributed by atoms with E-state index in [1.165, 1.54) is 12.8 Å². The van der Waals surface area contributed by atoms with Gasteiger partial charge in [0.1, 0.15) is 0 Å². The molecule has 1 atom stereocenters. The molecule has 2 heterocycles. The van der Waals surface area contributed by atoms with Gasteiger partial charge in [0, 0.05) is 32.1 Å². The molecule has 2 aliphatic rings. The molecule has 4 nitrogen and oxygen atoms in total. The Bertz CT molecular complexity index is 498. The molecule has 1 unspecified atom stereocenters. The van der Waals surface area contributed by atoms with Crippen LogP contribution in [0.15, 0.2) is 0 Å². The monoisotopic (exact) mass is 297 g/mol. The van der Waals surface area contributed by atoms with Gasteiger partial charge in [0.05, 0.1) is 22.0 Å². The molecule has 0 spiro atoms. The van der Waals surface area contributed by atoms with Crippen molar-refractivity contribution in [3.8, 4) is 0 Å². The molecule has 0 amide bonds. The summed E-state index contributed by atoms with van der Waals surface area (Å²) in [6, 6.07) is 0.724. The number of halogens is 1. The van der Waals surface area contributed by atoms with Gasteiger partial charge in [0.15, 0.2) is 0 Å². The van der Waals surface area contributed by atoms with Crippen molar-refractivity contribution in [3.05, 3.63) is 16.4 Å². The number of β-amino-alcohol motifs (C(OH)–C–C–N with tert-alkyl or cyclic N) is 1. The Morgan fingerprint density at radius 3 is 2.75 bits per heavy atom. The maximum Gasteiger partial charge on any atom is 0.0851 e. The lowest BCUT2D eigenvalue weighted by molar-refractivity contribution is 0.0467. The molecule has 3 rings (SSSR count). The van der Waals surface area contributed by atoms with Crippen molar-refractivity contribution in [3.63, 3.8) is 0 Å². The average molecular weight is 298 g/mol. The van der Waals surface area contributed by atoms with Crippen LogP contribution in [-0.2, 0) is 19.4 Å². The van der Waals surface area contributed by atoms with Crippen LogP contribution in [0.25, 0.3) is 0 Å². The van der Waals surface area contributed by atoms with Crippen LogP contribution >= 0.6 is 11.6 Å². The van der Waals surface area contributed by atoms with Crippen molar-refractivity contribution in [2.45, 2.75) is 64.1 Å². The van der Waals surface area contributed by atoms with Gasteiger partial charge in [-0.1, -0.05) is 18.5 Å². The predicted octanol–water partition coefficient (Wildman–Crippen LogP) is 2.26. The molecule has 1 saturated carbocycles. The molecule has 0 bridgehead atoms. The Balaban J connectivity index is 1.78. The van der Waals surface area contributed by atoms with Crippen LogP contribution < -0.4 is 0 Å². The maximum absolute atomic E-state index is 10.9. The molecule has 1 aromatic heterocycles. The Morgan fingerprint density at radius 2 is 2.15 bits per heavy atom. The summed E-state index contributed by atoms with van der Waals surface area (Å²) in [4.78, 5) is 2.43. The van der Waals surface area contributed by atoms with Crippen molar-refractivity contribution in [2.75, 3.05) is 13.1 Å². The maximum atomic E-state index is 10.9. The molecule has 1 aliphatic carbocycles. The topological polar surface area (TPSA) is 41.3 Å². The van der Waals surface area contributed by atoms with Crippen LogP contribution in [0.1, 0.15) is 44.5 Å². The first kappa shape index (κ1) is 14.4. The largest absolute Gasteiger partial charge is 0.388 e. The summed E-state index contributed by atoms with van der Waals surface area (Å²) >= 11 is 6.45. The lowest BCUT2D eigenvalue weighted by Crippen LogP contribution is -2.36. The molecule has 5 heteroatoms. The van der Waals surface area contributed by atoms with Gasteiger partial charge in [0.25, 0.3) is 0 Å². The second kappa shape index (κ2) is 5.32. The van der Waals surface area contributed by atoms with Crippen molar-refractivity contribution in [1.82, 2.24) is 14.7 Å². The molecular weight excluding hydrogens is 274 g/mol. The number of rotatable bonds is 5. The second-order valence-corrected chi connectivity index (χ2v) is 6.61. The number of nitrogens with zero attached hydrogens (tertiary/aromatic N) is 3. The quantitative estimate of drug-likeness (QED) is 0.906. The van der Waals surface area contributed by atoms with Gasteiger partial charge in [-0.25, -0.2) is 0 Å². The van der Waals surface area contributed by atoms with E-state index in [1.807, 2.05) is 4.68 Å². The Hall–Kier alpha value is -0.580. The second-order valence-electron chi connectivity index (χ2n) is 6.23. The van der Waals surface area contributed by atoms with Crippen molar-refractivity contribution in [1.29, 1.82) is 0 Å². The normalized spacial score (nSPS) is 27.4. The Morgan fingerprint density at radius 1 is 1.40 bits per heavy atom. The highest BCUT2D eigenvalue weighted by molar-refractivity contribution is 6.31. The zero-order valence-electron chi connectivity index (χ0n) is 12.4. The first-order valence-electron chi connectivity index (χ1n) is 7.77. The van der Waals surface area contributed by atoms with Crippen LogP contribution in [0.5, 0.6) is 0 Å². The summed E-state index contributed by atoms with van der Waals surface area (Å²) in [5.74, 6) is 0. The van der Waals surface area contributed by atoms with Gasteiger partial charge < -0.3 is 5.11 Å². The fourth-order valence-electron chi connectivity index (χ4n) is 3.28. The summed E-state index contributed by atoms with van der Waals surface area (Å²) in [5, 5.41) is 16.2. The average Bonchev–Trinajstić information content (AvgIpc) is 3.15. The summed E-state index contributed by atoms with van der Waals surface area (Å²) in [6.07, 6.45) is 4.89. The SMILES string of the molecule is CCc1nn(CC)c(CC2(O)CCN(C3CC3)C2)c1Cl. The fraction of sp³-hybridized carbons (Fsp3) is 0.800. The third-order valence-electron chi connectivity index (χ3n) is 4.62. The van der Waals surface area contributed by atoms with E-state index < -0.39 is 5.60 Å². The van der Waals surface area contributed by atoms with Crippen molar-refractivity contribution >= 4 is 11.6 Å². The first-order valence-corrected chi connectivity index (χ1v) is 8.14. The van der Waals surface area contributed by atoms with Crippen LogP contribution in [0, 0.1) is 0 Å². The van der Waals surface area contributed by atoms with E-state index in [-0.39, 0.29) is 0 Å². The third-order valence-corrected chi connectivity index (χ3v) is 5.05. The molecule has 1 aromatic rings. The predicted molar refractivity (Wildman–Crippen MR) is 80.2 cm³/mol. The Labute approximate surface area is 125 Å². The van der Waals surface area contributed by atoms with Crippen LogP contribution in [0.3, 0.4) is 0 Å². The molecule has 1 aliphatic heterocycles. The summed E-state index contributed by atoms with van der Waals surface area (Å²) in [6.45, 7) is 6.74. The highest BCUT2D eigenvalue weighted by Crippen LogP contribution is 2.36. The number of likely N-dealkylation sites (tertiary alicyclic amines) is 1. The molecule has 0 aromatic carbocycles. The lowest BCUT2D eigenvalue weighted by atomic mass is 9.96. The number of aryl methyl sites for hydroxylation is 2. The molecular formula is C15H24ClN3O.